The first-order chi connectivity index (χ1) is 8.88. The highest BCUT2D eigenvalue weighted by Crippen LogP contribution is 2.29. The molecule has 3 aromatic rings. The fourth-order valence-corrected chi connectivity index (χ4v) is 2.67. The Morgan fingerprint density at radius 2 is 2.33 bits per heavy atom. The van der Waals surface area contributed by atoms with Gasteiger partial charge >= 0.3 is 0 Å². The molecule has 0 aliphatic rings. The van der Waals surface area contributed by atoms with Crippen LogP contribution in [0.1, 0.15) is 0 Å². The second kappa shape index (κ2) is 4.88. The molecule has 0 saturated carbocycles. The predicted molar refractivity (Wildman–Crippen MR) is 74.8 cm³/mol. The van der Waals surface area contributed by atoms with E-state index < -0.39 is 0 Å². The molecular weight excluding hydrogens is 244 g/mol. The molecule has 2 heterocycles. The maximum atomic E-state index is 4.44. The molecule has 5 heteroatoms. The molecule has 0 radical (unpaired) electrons. The SMILES string of the molecule is CNCCn1cc(-c2cccc3scnc23)cn1. The number of likely N-dealkylation sites (N-methyl/N-ethyl adjacent to an activating group) is 1. The molecule has 92 valence electrons. The van der Waals surface area contributed by atoms with Crippen molar-refractivity contribution in [3.63, 3.8) is 0 Å². The number of hydrogen-bond donors (Lipinski definition) is 1. The predicted octanol–water partition coefficient (Wildman–Crippen LogP) is 2.38. The lowest BCUT2D eigenvalue weighted by Crippen LogP contribution is -2.14. The molecule has 0 spiro atoms. The molecule has 0 amide bonds. The summed E-state index contributed by atoms with van der Waals surface area (Å²) in [6.07, 6.45) is 3.98. The van der Waals surface area contributed by atoms with Crippen LogP contribution in [0, 0.1) is 0 Å². The van der Waals surface area contributed by atoms with Crippen molar-refractivity contribution in [2.75, 3.05) is 13.6 Å². The van der Waals surface area contributed by atoms with Gasteiger partial charge in [-0.05, 0) is 13.1 Å². The summed E-state index contributed by atoms with van der Waals surface area (Å²) in [5.74, 6) is 0. The van der Waals surface area contributed by atoms with Crippen LogP contribution in [-0.2, 0) is 6.54 Å². The number of nitrogens with one attached hydrogen (secondary N) is 1. The van der Waals surface area contributed by atoms with Gasteiger partial charge in [0.2, 0.25) is 0 Å². The molecule has 0 fully saturated rings. The Labute approximate surface area is 109 Å². The lowest BCUT2D eigenvalue weighted by Gasteiger charge is -2.00. The number of thiazole rings is 1. The minimum Gasteiger partial charge on any atom is -0.318 e. The Kier molecular flexibility index (Phi) is 3.08. The number of nitrogens with zero attached hydrogens (tertiary/aromatic N) is 3. The fourth-order valence-electron chi connectivity index (χ4n) is 1.97. The molecule has 0 atom stereocenters. The zero-order valence-corrected chi connectivity index (χ0v) is 10.9. The largest absolute Gasteiger partial charge is 0.318 e. The standard InChI is InChI=1S/C13H14N4S/c1-14-5-6-17-8-10(7-16-17)11-3-2-4-12-13(11)15-9-18-12/h2-4,7-9,14H,5-6H2,1H3. The van der Waals surface area contributed by atoms with E-state index in [1.54, 1.807) is 11.3 Å². The van der Waals surface area contributed by atoms with Crippen molar-refractivity contribution in [1.29, 1.82) is 0 Å². The van der Waals surface area contributed by atoms with E-state index >= 15 is 0 Å². The second-order valence-corrected chi connectivity index (χ2v) is 4.99. The smallest absolute Gasteiger partial charge is 0.0891 e. The fraction of sp³-hybridized carbons (Fsp3) is 0.231. The lowest BCUT2D eigenvalue weighted by atomic mass is 10.1. The van der Waals surface area contributed by atoms with Gasteiger partial charge in [-0.2, -0.15) is 5.10 Å². The van der Waals surface area contributed by atoms with Gasteiger partial charge in [0.25, 0.3) is 0 Å². The summed E-state index contributed by atoms with van der Waals surface area (Å²) in [5.41, 5.74) is 5.24. The first-order valence-electron chi connectivity index (χ1n) is 5.88. The van der Waals surface area contributed by atoms with Gasteiger partial charge in [-0.1, -0.05) is 12.1 Å². The third-order valence-electron chi connectivity index (χ3n) is 2.90. The van der Waals surface area contributed by atoms with E-state index in [9.17, 15) is 0 Å². The zero-order chi connectivity index (χ0) is 12.4. The maximum absolute atomic E-state index is 4.44. The van der Waals surface area contributed by atoms with Crippen molar-refractivity contribution < 1.29 is 0 Å². The van der Waals surface area contributed by atoms with Crippen LogP contribution in [0.2, 0.25) is 0 Å². The van der Waals surface area contributed by atoms with Crippen molar-refractivity contribution in [1.82, 2.24) is 20.1 Å². The molecule has 1 N–H and O–H groups in total. The Morgan fingerprint density at radius 1 is 1.39 bits per heavy atom. The molecular formula is C13H14N4S. The van der Waals surface area contributed by atoms with E-state index in [2.05, 4.69) is 39.8 Å². The van der Waals surface area contributed by atoms with Gasteiger partial charge in [0.05, 0.1) is 28.5 Å². The number of rotatable bonds is 4. The van der Waals surface area contributed by atoms with Crippen molar-refractivity contribution >= 4 is 21.6 Å². The molecule has 4 nitrogen and oxygen atoms in total. The normalized spacial score (nSPS) is 11.2. The Balaban J connectivity index is 1.98. The lowest BCUT2D eigenvalue weighted by molar-refractivity contribution is 0.585. The molecule has 0 aliphatic carbocycles. The van der Waals surface area contributed by atoms with E-state index in [1.165, 1.54) is 4.70 Å². The van der Waals surface area contributed by atoms with Crippen LogP contribution in [0.5, 0.6) is 0 Å². The molecule has 0 bridgehead atoms. The highest BCUT2D eigenvalue weighted by Gasteiger charge is 2.07. The van der Waals surface area contributed by atoms with Crippen LogP contribution in [0.4, 0.5) is 0 Å². The molecule has 18 heavy (non-hydrogen) atoms. The van der Waals surface area contributed by atoms with E-state index in [-0.39, 0.29) is 0 Å². The van der Waals surface area contributed by atoms with Crippen LogP contribution in [0.3, 0.4) is 0 Å². The van der Waals surface area contributed by atoms with Crippen LogP contribution < -0.4 is 5.32 Å². The quantitative estimate of drug-likeness (QED) is 0.781. The summed E-state index contributed by atoms with van der Waals surface area (Å²) >= 11 is 1.67. The monoisotopic (exact) mass is 258 g/mol. The van der Waals surface area contributed by atoms with Crippen molar-refractivity contribution in [3.8, 4) is 11.1 Å². The van der Waals surface area contributed by atoms with Crippen LogP contribution in [0.15, 0.2) is 36.1 Å². The summed E-state index contributed by atoms with van der Waals surface area (Å²) < 4.78 is 3.17. The molecule has 2 aromatic heterocycles. The number of aromatic nitrogens is 3. The minimum atomic E-state index is 0.879. The Bertz CT molecular complexity index is 656. The molecule has 0 saturated heterocycles. The first kappa shape index (κ1) is 11.4. The van der Waals surface area contributed by atoms with Gasteiger partial charge in [-0.15, -0.1) is 11.3 Å². The average molecular weight is 258 g/mol. The molecule has 0 unspecified atom stereocenters. The summed E-state index contributed by atoms with van der Waals surface area (Å²) in [6.45, 7) is 1.80. The van der Waals surface area contributed by atoms with Gasteiger partial charge in [0.15, 0.2) is 0 Å². The van der Waals surface area contributed by atoms with Crippen LogP contribution in [-0.4, -0.2) is 28.4 Å². The van der Waals surface area contributed by atoms with Crippen molar-refractivity contribution in [2.24, 2.45) is 0 Å². The molecule has 0 aliphatic heterocycles. The van der Waals surface area contributed by atoms with Crippen LogP contribution >= 0.6 is 11.3 Å². The van der Waals surface area contributed by atoms with E-state index in [4.69, 9.17) is 0 Å². The van der Waals surface area contributed by atoms with Gasteiger partial charge in [-0.3, -0.25) is 4.68 Å². The summed E-state index contributed by atoms with van der Waals surface area (Å²) in [6, 6.07) is 6.27. The highest BCUT2D eigenvalue weighted by molar-refractivity contribution is 7.16. The number of hydrogen-bond acceptors (Lipinski definition) is 4. The Morgan fingerprint density at radius 3 is 3.22 bits per heavy atom. The second-order valence-electron chi connectivity index (χ2n) is 4.10. The van der Waals surface area contributed by atoms with Crippen molar-refractivity contribution in [3.05, 3.63) is 36.1 Å². The van der Waals surface area contributed by atoms with E-state index in [0.29, 0.717) is 0 Å². The zero-order valence-electron chi connectivity index (χ0n) is 10.1. The van der Waals surface area contributed by atoms with Crippen molar-refractivity contribution in [2.45, 2.75) is 6.54 Å². The van der Waals surface area contributed by atoms with Gasteiger partial charge in [-0.25, -0.2) is 4.98 Å². The van der Waals surface area contributed by atoms with Gasteiger partial charge < -0.3 is 5.32 Å². The van der Waals surface area contributed by atoms with Gasteiger partial charge in [0.1, 0.15) is 0 Å². The summed E-state index contributed by atoms with van der Waals surface area (Å²) in [4.78, 5) is 4.44. The summed E-state index contributed by atoms with van der Waals surface area (Å²) in [7, 11) is 1.94. The maximum Gasteiger partial charge on any atom is 0.0891 e. The Hall–Kier alpha value is -1.72. The third-order valence-corrected chi connectivity index (χ3v) is 3.69. The topological polar surface area (TPSA) is 42.7 Å². The van der Waals surface area contributed by atoms with E-state index in [0.717, 1.165) is 29.7 Å². The first-order valence-corrected chi connectivity index (χ1v) is 6.76. The third kappa shape index (κ3) is 2.02. The average Bonchev–Trinajstić information content (AvgIpc) is 3.04. The number of para-hydroxylation sites is 1. The number of fused-ring (bicyclic) bond motifs is 1. The highest BCUT2D eigenvalue weighted by atomic mass is 32.1. The number of benzene rings is 1. The molecule has 1 aromatic carbocycles. The van der Waals surface area contributed by atoms with Gasteiger partial charge in [0, 0.05) is 23.9 Å². The minimum absolute atomic E-state index is 0.879. The van der Waals surface area contributed by atoms with Crippen LogP contribution in [0.25, 0.3) is 21.3 Å². The summed E-state index contributed by atoms with van der Waals surface area (Å²) in [5, 5.41) is 7.49. The molecule has 3 rings (SSSR count). The van der Waals surface area contributed by atoms with E-state index in [1.807, 2.05) is 23.4 Å².